The van der Waals surface area contributed by atoms with E-state index in [4.69, 9.17) is 4.74 Å². The van der Waals surface area contributed by atoms with E-state index in [1.807, 2.05) is 30.3 Å². The highest BCUT2D eigenvalue weighted by Crippen LogP contribution is 2.45. The number of imide groups is 1. The summed E-state index contributed by atoms with van der Waals surface area (Å²) < 4.78 is 5.59. The van der Waals surface area contributed by atoms with Gasteiger partial charge in [0.25, 0.3) is 0 Å². The number of benzene rings is 2. The highest BCUT2D eigenvalue weighted by atomic mass is 79.9. The molecule has 2 aromatic rings. The predicted octanol–water partition coefficient (Wildman–Crippen LogP) is 4.38. The Bertz CT molecular complexity index is 1180. The molecule has 1 aliphatic carbocycles. The SMILES string of the molecule is Cc1cc(OC(=O)[C@@H]2CC(=O)N(c3ccccc3)C2)ccc1N1C(=O)[C@H]2C[C@H](Br)[C@@H](Br)C[C@H]2C1=O. The summed E-state index contributed by atoms with van der Waals surface area (Å²) in [4.78, 5) is 54.6. The summed E-state index contributed by atoms with van der Waals surface area (Å²) in [7, 11) is 0. The van der Waals surface area contributed by atoms with E-state index in [9.17, 15) is 19.2 Å². The highest BCUT2D eigenvalue weighted by molar-refractivity contribution is 9.12. The van der Waals surface area contributed by atoms with Crippen molar-refractivity contribution in [1.82, 2.24) is 0 Å². The largest absolute Gasteiger partial charge is 0.426 e. The van der Waals surface area contributed by atoms with Crippen LogP contribution < -0.4 is 14.5 Å². The number of carbonyl (C=O) groups excluding carboxylic acids is 4. The first-order valence-electron chi connectivity index (χ1n) is 11.6. The van der Waals surface area contributed by atoms with E-state index >= 15 is 0 Å². The van der Waals surface area contributed by atoms with Crippen LogP contribution in [-0.4, -0.2) is 39.9 Å². The molecule has 0 aromatic heterocycles. The van der Waals surface area contributed by atoms with Crippen molar-refractivity contribution in [1.29, 1.82) is 0 Å². The minimum atomic E-state index is -0.568. The lowest BCUT2D eigenvalue weighted by molar-refractivity contribution is -0.139. The average Bonchev–Trinajstić information content (AvgIpc) is 3.33. The molecule has 0 N–H and O–H groups in total. The number of esters is 1. The van der Waals surface area contributed by atoms with Crippen LogP contribution in [0.4, 0.5) is 11.4 Å². The van der Waals surface area contributed by atoms with E-state index in [1.54, 1.807) is 30.0 Å². The van der Waals surface area contributed by atoms with Gasteiger partial charge >= 0.3 is 5.97 Å². The maximum Gasteiger partial charge on any atom is 0.316 e. The zero-order valence-corrected chi connectivity index (χ0v) is 22.2. The normalized spacial score (nSPS) is 28.4. The third-order valence-corrected chi connectivity index (χ3v) is 9.80. The second kappa shape index (κ2) is 9.50. The molecule has 2 heterocycles. The second-order valence-electron chi connectivity index (χ2n) is 9.34. The zero-order chi connectivity index (χ0) is 24.9. The molecule has 0 bridgehead atoms. The Labute approximate surface area is 220 Å². The van der Waals surface area contributed by atoms with Gasteiger partial charge in [-0.3, -0.25) is 19.2 Å². The number of fused-ring (bicyclic) bond motifs is 1. The summed E-state index contributed by atoms with van der Waals surface area (Å²) in [6, 6.07) is 14.1. The van der Waals surface area contributed by atoms with E-state index in [-0.39, 0.29) is 52.2 Å². The quantitative estimate of drug-likeness (QED) is 0.224. The molecule has 2 aliphatic heterocycles. The number of alkyl halides is 2. The first kappa shape index (κ1) is 24.2. The average molecular weight is 604 g/mol. The van der Waals surface area contributed by atoms with Gasteiger partial charge < -0.3 is 9.64 Å². The number of amides is 3. The molecule has 35 heavy (non-hydrogen) atoms. The van der Waals surface area contributed by atoms with Crippen molar-refractivity contribution in [2.24, 2.45) is 17.8 Å². The standard InChI is InChI=1S/C26H24Br2N2O5/c1-14-9-17(35-26(34)15-10-23(31)29(13-15)16-5-3-2-4-6-16)7-8-22(14)30-24(32)18-11-20(27)21(28)12-19(18)25(30)33/h2-9,15,18-21H,10-13H2,1H3/t15-,18-,19+,20+,21+/m1/s1. The van der Waals surface area contributed by atoms with Crippen LogP contribution >= 0.6 is 31.9 Å². The first-order chi connectivity index (χ1) is 16.7. The van der Waals surface area contributed by atoms with Gasteiger partial charge in [-0.2, -0.15) is 0 Å². The number of rotatable bonds is 4. The molecule has 3 fully saturated rings. The topological polar surface area (TPSA) is 84.0 Å². The molecule has 9 heteroatoms. The number of hydrogen-bond acceptors (Lipinski definition) is 5. The lowest BCUT2D eigenvalue weighted by Gasteiger charge is -2.29. The van der Waals surface area contributed by atoms with Crippen LogP contribution in [0.2, 0.25) is 0 Å². The van der Waals surface area contributed by atoms with E-state index in [2.05, 4.69) is 31.9 Å². The summed E-state index contributed by atoms with van der Waals surface area (Å²) in [5.41, 5.74) is 1.93. The molecule has 0 spiro atoms. The van der Waals surface area contributed by atoms with Crippen LogP contribution in [0.5, 0.6) is 5.75 Å². The van der Waals surface area contributed by atoms with Gasteiger partial charge in [0.2, 0.25) is 17.7 Å². The molecule has 3 amide bonds. The number of aryl methyl sites for hydroxylation is 1. The number of halogens is 2. The lowest BCUT2D eigenvalue weighted by atomic mass is 9.81. The Hall–Kier alpha value is -2.52. The Kier molecular flexibility index (Phi) is 6.57. The predicted molar refractivity (Wildman–Crippen MR) is 138 cm³/mol. The summed E-state index contributed by atoms with van der Waals surface area (Å²) in [6.07, 6.45) is 1.31. The number of para-hydroxylation sites is 1. The van der Waals surface area contributed by atoms with E-state index < -0.39 is 11.9 Å². The summed E-state index contributed by atoms with van der Waals surface area (Å²) in [5.74, 6) is -1.86. The third kappa shape index (κ3) is 4.44. The fourth-order valence-electron chi connectivity index (χ4n) is 5.20. The molecule has 5 atom stereocenters. The highest BCUT2D eigenvalue weighted by Gasteiger charge is 2.52. The summed E-state index contributed by atoms with van der Waals surface area (Å²) in [6.45, 7) is 2.05. The number of carbonyl (C=O) groups is 4. The summed E-state index contributed by atoms with van der Waals surface area (Å²) >= 11 is 7.22. The van der Waals surface area contributed by atoms with Crippen LogP contribution in [0, 0.1) is 24.7 Å². The molecule has 182 valence electrons. The fourth-order valence-corrected chi connectivity index (χ4v) is 6.43. The molecule has 0 radical (unpaired) electrons. The van der Waals surface area contributed by atoms with E-state index in [1.165, 1.54) is 4.90 Å². The van der Waals surface area contributed by atoms with Crippen LogP contribution in [0.1, 0.15) is 24.8 Å². The molecule has 5 rings (SSSR count). The molecule has 2 saturated heterocycles. The minimum Gasteiger partial charge on any atom is -0.426 e. The van der Waals surface area contributed by atoms with Gasteiger partial charge in [0.15, 0.2) is 0 Å². The van der Waals surface area contributed by atoms with Gasteiger partial charge in [0.1, 0.15) is 5.75 Å². The Morgan fingerprint density at radius 3 is 2.17 bits per heavy atom. The smallest absolute Gasteiger partial charge is 0.316 e. The number of anilines is 2. The molecule has 2 aromatic carbocycles. The third-order valence-electron chi connectivity index (χ3n) is 7.07. The minimum absolute atomic E-state index is 0.0908. The number of nitrogens with zero attached hydrogens (tertiary/aromatic N) is 2. The maximum absolute atomic E-state index is 13.1. The van der Waals surface area contributed by atoms with Gasteiger partial charge in [-0.25, -0.2) is 4.90 Å². The van der Waals surface area contributed by atoms with Gasteiger partial charge in [-0.15, -0.1) is 0 Å². The fraction of sp³-hybridized carbons (Fsp3) is 0.385. The van der Waals surface area contributed by atoms with Crippen molar-refractivity contribution >= 4 is 66.9 Å². The van der Waals surface area contributed by atoms with Crippen molar-refractivity contribution in [3.8, 4) is 5.75 Å². The van der Waals surface area contributed by atoms with Crippen molar-refractivity contribution in [3.05, 3.63) is 54.1 Å². The second-order valence-corrected chi connectivity index (χ2v) is 11.7. The van der Waals surface area contributed by atoms with Gasteiger partial charge in [0, 0.05) is 28.3 Å². The van der Waals surface area contributed by atoms with Gasteiger partial charge in [0.05, 0.1) is 23.4 Å². The van der Waals surface area contributed by atoms with Crippen LogP contribution in [-0.2, 0) is 19.2 Å². The van der Waals surface area contributed by atoms with Gasteiger partial charge in [-0.1, -0.05) is 50.1 Å². The Balaban J connectivity index is 1.28. The van der Waals surface area contributed by atoms with E-state index in [0.29, 0.717) is 29.8 Å². The maximum atomic E-state index is 13.1. The zero-order valence-electron chi connectivity index (χ0n) is 19.0. The van der Waals surface area contributed by atoms with Crippen LogP contribution in [0.25, 0.3) is 0 Å². The monoisotopic (exact) mass is 602 g/mol. The Morgan fingerprint density at radius 2 is 1.57 bits per heavy atom. The molecular formula is C26H24Br2N2O5. The van der Waals surface area contributed by atoms with Crippen molar-refractivity contribution in [2.45, 2.75) is 35.8 Å². The Morgan fingerprint density at radius 1 is 0.943 bits per heavy atom. The van der Waals surface area contributed by atoms with Gasteiger partial charge in [-0.05, 0) is 55.7 Å². The van der Waals surface area contributed by atoms with Crippen LogP contribution in [0.3, 0.4) is 0 Å². The summed E-state index contributed by atoms with van der Waals surface area (Å²) in [5, 5.41) is 0. The molecular weight excluding hydrogens is 580 g/mol. The molecule has 3 aliphatic rings. The molecule has 0 unspecified atom stereocenters. The molecule has 7 nitrogen and oxygen atoms in total. The van der Waals surface area contributed by atoms with Crippen molar-refractivity contribution in [2.75, 3.05) is 16.3 Å². The van der Waals surface area contributed by atoms with E-state index in [0.717, 1.165) is 5.69 Å². The number of hydrogen-bond donors (Lipinski definition) is 0. The first-order valence-corrected chi connectivity index (χ1v) is 13.4. The molecule has 1 saturated carbocycles. The number of ether oxygens (including phenoxy) is 1. The lowest BCUT2D eigenvalue weighted by Crippen LogP contribution is -2.34. The van der Waals surface area contributed by atoms with Crippen LogP contribution in [0.15, 0.2) is 48.5 Å². The van der Waals surface area contributed by atoms with Crippen molar-refractivity contribution in [3.63, 3.8) is 0 Å². The van der Waals surface area contributed by atoms with Crippen molar-refractivity contribution < 1.29 is 23.9 Å².